The quantitative estimate of drug-likeness (QED) is 0.768. The summed E-state index contributed by atoms with van der Waals surface area (Å²) in [6.45, 7) is 6.24. The molecule has 2 aromatic rings. The van der Waals surface area contributed by atoms with Crippen molar-refractivity contribution in [2.75, 3.05) is 0 Å². The van der Waals surface area contributed by atoms with Crippen molar-refractivity contribution in [1.82, 2.24) is 4.98 Å². The van der Waals surface area contributed by atoms with E-state index in [-0.39, 0.29) is 0 Å². The van der Waals surface area contributed by atoms with E-state index < -0.39 is 0 Å². The summed E-state index contributed by atoms with van der Waals surface area (Å²) in [5.41, 5.74) is 7.36. The lowest BCUT2D eigenvalue weighted by Crippen LogP contribution is -1.92. The molecule has 0 aliphatic heterocycles. The van der Waals surface area contributed by atoms with E-state index in [1.165, 1.54) is 41.5 Å². The molecule has 1 aliphatic rings. The van der Waals surface area contributed by atoms with Crippen LogP contribution in [0.15, 0.2) is 43.1 Å². The van der Waals surface area contributed by atoms with Gasteiger partial charge in [0, 0.05) is 11.8 Å². The summed E-state index contributed by atoms with van der Waals surface area (Å²) in [5, 5.41) is 0. The smallest absolute Gasteiger partial charge is 0.0702 e. The van der Waals surface area contributed by atoms with Crippen molar-refractivity contribution in [2.45, 2.75) is 26.2 Å². The fourth-order valence-corrected chi connectivity index (χ4v) is 2.55. The molecule has 0 saturated carbocycles. The molecule has 1 aromatic carbocycles. The van der Waals surface area contributed by atoms with Gasteiger partial charge in [0.2, 0.25) is 0 Å². The molecule has 0 amide bonds. The highest BCUT2D eigenvalue weighted by Crippen LogP contribution is 2.27. The molecule has 1 heterocycles. The van der Waals surface area contributed by atoms with E-state index >= 15 is 0 Å². The van der Waals surface area contributed by atoms with Crippen molar-refractivity contribution in [3.63, 3.8) is 0 Å². The first-order chi connectivity index (χ1) is 8.74. The van der Waals surface area contributed by atoms with Gasteiger partial charge in [-0.15, -0.1) is 0 Å². The molecule has 1 heteroatoms. The van der Waals surface area contributed by atoms with Gasteiger partial charge < -0.3 is 0 Å². The first kappa shape index (κ1) is 11.2. The molecule has 1 nitrogen and oxygen atoms in total. The molecule has 0 N–H and O–H groups in total. The van der Waals surface area contributed by atoms with Crippen LogP contribution < -0.4 is 0 Å². The van der Waals surface area contributed by atoms with Crippen LogP contribution in [0.25, 0.3) is 5.57 Å². The zero-order valence-electron chi connectivity index (χ0n) is 10.7. The monoisotopic (exact) mass is 235 g/mol. The lowest BCUT2D eigenvalue weighted by molar-refractivity contribution is 0.912. The minimum absolute atomic E-state index is 0.971. The van der Waals surface area contributed by atoms with Crippen LogP contribution in [0.1, 0.15) is 34.4 Å². The van der Waals surface area contributed by atoms with Gasteiger partial charge in [0.1, 0.15) is 0 Å². The number of nitrogens with zero attached hydrogens (tertiary/aromatic N) is 1. The van der Waals surface area contributed by atoms with Gasteiger partial charge in [-0.05, 0) is 54.5 Å². The second-order valence-electron chi connectivity index (χ2n) is 5.04. The third kappa shape index (κ3) is 1.97. The van der Waals surface area contributed by atoms with Crippen LogP contribution in [0.4, 0.5) is 0 Å². The maximum atomic E-state index is 4.45. The Balaban J connectivity index is 1.95. The predicted molar refractivity (Wildman–Crippen MR) is 75.6 cm³/mol. The summed E-state index contributed by atoms with van der Waals surface area (Å²) < 4.78 is 0. The first-order valence-electron chi connectivity index (χ1n) is 6.48. The van der Waals surface area contributed by atoms with Gasteiger partial charge in [0.05, 0.1) is 5.69 Å². The van der Waals surface area contributed by atoms with E-state index in [1.807, 2.05) is 12.3 Å². The third-order valence-electron chi connectivity index (χ3n) is 3.67. The van der Waals surface area contributed by atoms with Crippen LogP contribution in [-0.4, -0.2) is 4.98 Å². The molecular weight excluding hydrogens is 218 g/mol. The maximum Gasteiger partial charge on any atom is 0.0702 e. The Morgan fingerprint density at radius 2 is 1.94 bits per heavy atom. The molecule has 0 spiro atoms. The molecule has 18 heavy (non-hydrogen) atoms. The number of pyridine rings is 1. The van der Waals surface area contributed by atoms with Crippen LogP contribution in [0, 0.1) is 6.92 Å². The molecular formula is C17H17N. The number of benzene rings is 1. The van der Waals surface area contributed by atoms with Gasteiger partial charge >= 0.3 is 0 Å². The molecule has 0 unspecified atom stereocenters. The van der Waals surface area contributed by atoms with E-state index in [0.717, 1.165) is 11.3 Å². The summed E-state index contributed by atoms with van der Waals surface area (Å²) >= 11 is 0. The Bertz CT molecular complexity index is 594. The van der Waals surface area contributed by atoms with Crippen molar-refractivity contribution in [2.24, 2.45) is 0 Å². The normalized spacial score (nSPS) is 13.4. The molecule has 0 saturated heterocycles. The predicted octanol–water partition coefficient (Wildman–Crippen LogP) is 3.94. The fourth-order valence-electron chi connectivity index (χ4n) is 2.55. The van der Waals surface area contributed by atoms with Crippen LogP contribution in [0.2, 0.25) is 0 Å². The molecule has 3 rings (SSSR count). The molecule has 0 atom stereocenters. The van der Waals surface area contributed by atoms with Gasteiger partial charge in [-0.25, -0.2) is 0 Å². The van der Waals surface area contributed by atoms with Crippen LogP contribution in [0.3, 0.4) is 0 Å². The summed E-state index contributed by atoms with van der Waals surface area (Å²) in [6, 6.07) is 10.8. The highest BCUT2D eigenvalue weighted by Gasteiger charge is 2.12. The number of hydrogen-bond donors (Lipinski definition) is 0. The molecule has 1 aromatic heterocycles. The Morgan fingerprint density at radius 1 is 1.11 bits per heavy atom. The maximum absolute atomic E-state index is 4.45. The highest BCUT2D eigenvalue weighted by molar-refractivity contribution is 5.76. The number of aryl methyl sites for hydroxylation is 3. The lowest BCUT2D eigenvalue weighted by Gasteiger charge is -2.08. The third-order valence-corrected chi connectivity index (χ3v) is 3.67. The van der Waals surface area contributed by atoms with Crippen molar-refractivity contribution in [3.05, 3.63) is 71.1 Å². The largest absolute Gasteiger partial charge is 0.256 e. The number of rotatable bonds is 2. The zero-order valence-corrected chi connectivity index (χ0v) is 10.7. The van der Waals surface area contributed by atoms with Gasteiger partial charge in [-0.3, -0.25) is 4.98 Å². The van der Waals surface area contributed by atoms with Gasteiger partial charge in [0.15, 0.2) is 0 Å². The minimum Gasteiger partial charge on any atom is -0.256 e. The van der Waals surface area contributed by atoms with Crippen LogP contribution in [-0.2, 0) is 12.8 Å². The van der Waals surface area contributed by atoms with E-state index in [4.69, 9.17) is 0 Å². The van der Waals surface area contributed by atoms with Crippen molar-refractivity contribution in [3.8, 4) is 0 Å². The number of hydrogen-bond acceptors (Lipinski definition) is 1. The van der Waals surface area contributed by atoms with E-state index in [9.17, 15) is 0 Å². The number of fused-ring (bicyclic) bond motifs is 1. The minimum atomic E-state index is 0.971. The Hall–Kier alpha value is -1.89. The molecule has 1 aliphatic carbocycles. The van der Waals surface area contributed by atoms with Gasteiger partial charge in [0.25, 0.3) is 0 Å². The molecule has 0 fully saturated rings. The first-order valence-corrected chi connectivity index (χ1v) is 6.48. The fraction of sp³-hybridized carbons (Fsp3) is 0.235. The van der Waals surface area contributed by atoms with E-state index in [1.54, 1.807) is 0 Å². The van der Waals surface area contributed by atoms with E-state index in [0.29, 0.717) is 0 Å². The lowest BCUT2D eigenvalue weighted by atomic mass is 9.99. The van der Waals surface area contributed by atoms with Crippen LogP contribution >= 0.6 is 0 Å². The van der Waals surface area contributed by atoms with E-state index in [2.05, 4.69) is 42.8 Å². The standard InChI is InChI=1S/C17H17N/c1-12-6-9-17(18-11-12)13(2)15-8-7-14-4-3-5-16(14)10-15/h6-11H,2-5H2,1H3. The topological polar surface area (TPSA) is 12.9 Å². The van der Waals surface area contributed by atoms with Gasteiger partial charge in [-0.1, -0.05) is 30.8 Å². The second kappa shape index (κ2) is 4.41. The Morgan fingerprint density at radius 3 is 2.72 bits per heavy atom. The SMILES string of the molecule is C=C(c1ccc2c(c1)CCC2)c1ccc(C)cn1. The van der Waals surface area contributed by atoms with Crippen molar-refractivity contribution in [1.29, 1.82) is 0 Å². The summed E-state index contributed by atoms with van der Waals surface area (Å²) in [5.74, 6) is 0. The average molecular weight is 235 g/mol. The molecule has 0 radical (unpaired) electrons. The van der Waals surface area contributed by atoms with Crippen molar-refractivity contribution >= 4 is 5.57 Å². The summed E-state index contributed by atoms with van der Waals surface area (Å²) in [7, 11) is 0. The Kier molecular flexibility index (Phi) is 2.75. The molecule has 0 bridgehead atoms. The second-order valence-corrected chi connectivity index (χ2v) is 5.04. The molecule has 90 valence electrons. The van der Waals surface area contributed by atoms with Crippen LogP contribution in [0.5, 0.6) is 0 Å². The number of aromatic nitrogens is 1. The highest BCUT2D eigenvalue weighted by atomic mass is 14.7. The van der Waals surface area contributed by atoms with Crippen molar-refractivity contribution < 1.29 is 0 Å². The summed E-state index contributed by atoms with van der Waals surface area (Å²) in [4.78, 5) is 4.45. The van der Waals surface area contributed by atoms with Gasteiger partial charge in [-0.2, -0.15) is 0 Å². The average Bonchev–Trinajstić information content (AvgIpc) is 2.86. The zero-order chi connectivity index (χ0) is 12.5. The Labute approximate surface area is 108 Å². The summed E-state index contributed by atoms with van der Waals surface area (Å²) in [6.07, 6.45) is 5.62.